The maximum Gasteiger partial charge on any atom is 0.156 e. The summed E-state index contributed by atoms with van der Waals surface area (Å²) in [5.41, 5.74) is 11.6. The van der Waals surface area contributed by atoms with Gasteiger partial charge in [-0.1, -0.05) is 24.3 Å². The second kappa shape index (κ2) is 7.92. The summed E-state index contributed by atoms with van der Waals surface area (Å²) in [5, 5.41) is 23.5. The molecule has 4 heterocycles. The van der Waals surface area contributed by atoms with Crippen LogP contribution in [0.25, 0.3) is 33.5 Å². The Balaban J connectivity index is 1.80. The first-order valence-corrected chi connectivity index (χ1v) is 10.2. The second-order valence-corrected chi connectivity index (χ2v) is 7.16. The van der Waals surface area contributed by atoms with Crippen molar-refractivity contribution in [2.45, 2.75) is 20.0 Å². The number of nitrogen functional groups attached to an aromatic ring is 1. The average Bonchev–Trinajstić information content (AvgIpc) is 3.47. The molecule has 2 N–H and O–H groups in total. The van der Waals surface area contributed by atoms with Crippen LogP contribution in [0.1, 0.15) is 18.2 Å². The van der Waals surface area contributed by atoms with E-state index in [9.17, 15) is 5.26 Å². The number of fused-ring (bicyclic) bond motifs is 1. The molecule has 4 aromatic heterocycles. The SMILES string of the molecule is CCn1nccc1-c1c(-c2ccccc2C#N)nc(N)c2nn(Cc3ccccn3)nc12. The van der Waals surface area contributed by atoms with Gasteiger partial charge in [0.2, 0.25) is 0 Å². The molecule has 9 heteroatoms. The maximum atomic E-state index is 9.69. The number of nitrogens with zero attached hydrogens (tertiary/aromatic N) is 8. The Morgan fingerprint density at radius 1 is 1.00 bits per heavy atom. The molecule has 9 nitrogen and oxygen atoms in total. The first kappa shape index (κ1) is 19.4. The Morgan fingerprint density at radius 3 is 2.59 bits per heavy atom. The molecule has 0 aliphatic heterocycles. The number of hydrogen-bond donors (Lipinski definition) is 1. The van der Waals surface area contributed by atoms with Crippen molar-refractivity contribution in [3.8, 4) is 28.6 Å². The van der Waals surface area contributed by atoms with Crippen LogP contribution >= 0.6 is 0 Å². The number of benzene rings is 1. The van der Waals surface area contributed by atoms with Crippen LogP contribution in [0.3, 0.4) is 0 Å². The second-order valence-electron chi connectivity index (χ2n) is 7.16. The molecule has 0 saturated heterocycles. The summed E-state index contributed by atoms with van der Waals surface area (Å²) < 4.78 is 1.86. The molecular formula is C23H19N9. The van der Waals surface area contributed by atoms with Crippen molar-refractivity contribution >= 4 is 16.9 Å². The monoisotopic (exact) mass is 421 g/mol. The zero-order valence-electron chi connectivity index (χ0n) is 17.3. The quantitative estimate of drug-likeness (QED) is 0.462. The highest BCUT2D eigenvalue weighted by atomic mass is 15.5. The van der Waals surface area contributed by atoms with E-state index >= 15 is 0 Å². The van der Waals surface area contributed by atoms with E-state index in [0.29, 0.717) is 40.9 Å². The van der Waals surface area contributed by atoms with Gasteiger partial charge in [0.25, 0.3) is 0 Å². The van der Waals surface area contributed by atoms with Crippen molar-refractivity contribution in [2.75, 3.05) is 5.73 Å². The highest BCUT2D eigenvalue weighted by molar-refractivity contribution is 6.02. The molecule has 5 rings (SSSR count). The molecule has 0 saturated carbocycles. The Bertz CT molecular complexity index is 1460. The van der Waals surface area contributed by atoms with Crippen LogP contribution in [0.2, 0.25) is 0 Å². The normalized spacial score (nSPS) is 11.0. The van der Waals surface area contributed by atoms with Crippen molar-refractivity contribution < 1.29 is 0 Å². The molecule has 0 spiro atoms. The molecule has 0 radical (unpaired) electrons. The lowest BCUT2D eigenvalue weighted by Crippen LogP contribution is -2.05. The van der Waals surface area contributed by atoms with Crippen LogP contribution in [-0.2, 0) is 13.1 Å². The van der Waals surface area contributed by atoms with Crippen LogP contribution in [0.15, 0.2) is 60.9 Å². The molecule has 0 bridgehead atoms. The number of hydrogen-bond acceptors (Lipinski definition) is 7. The maximum absolute atomic E-state index is 9.69. The van der Waals surface area contributed by atoms with Gasteiger partial charge in [-0.25, -0.2) is 4.98 Å². The van der Waals surface area contributed by atoms with Crippen LogP contribution < -0.4 is 5.73 Å². The number of nitriles is 1. The number of aromatic nitrogens is 7. The number of aryl methyl sites for hydroxylation is 1. The van der Waals surface area contributed by atoms with Gasteiger partial charge in [0, 0.05) is 24.5 Å². The third-order valence-corrected chi connectivity index (χ3v) is 5.21. The lowest BCUT2D eigenvalue weighted by molar-refractivity contribution is 0.591. The van der Waals surface area contributed by atoms with Gasteiger partial charge in [-0.05, 0) is 31.2 Å². The molecule has 5 aromatic rings. The fourth-order valence-corrected chi connectivity index (χ4v) is 3.76. The lowest BCUT2D eigenvalue weighted by atomic mass is 9.98. The fourth-order valence-electron chi connectivity index (χ4n) is 3.76. The van der Waals surface area contributed by atoms with Crippen molar-refractivity contribution in [1.29, 1.82) is 5.26 Å². The van der Waals surface area contributed by atoms with Crippen molar-refractivity contribution in [2.24, 2.45) is 0 Å². The average molecular weight is 421 g/mol. The molecule has 0 amide bonds. The van der Waals surface area contributed by atoms with E-state index in [1.165, 1.54) is 0 Å². The van der Waals surface area contributed by atoms with Crippen molar-refractivity contribution in [3.63, 3.8) is 0 Å². The molecule has 1 aromatic carbocycles. The van der Waals surface area contributed by atoms with Gasteiger partial charge in [0.15, 0.2) is 11.3 Å². The van der Waals surface area contributed by atoms with Crippen LogP contribution in [0.4, 0.5) is 5.82 Å². The summed E-state index contributed by atoms with van der Waals surface area (Å²) in [6, 6.07) is 17.2. The van der Waals surface area contributed by atoms with Gasteiger partial charge in [-0.15, -0.1) is 5.10 Å². The van der Waals surface area contributed by atoms with E-state index in [1.54, 1.807) is 23.3 Å². The summed E-state index contributed by atoms with van der Waals surface area (Å²) >= 11 is 0. The van der Waals surface area contributed by atoms with E-state index in [-0.39, 0.29) is 5.82 Å². The van der Waals surface area contributed by atoms with Crippen molar-refractivity contribution in [3.05, 3.63) is 72.2 Å². The minimum Gasteiger partial charge on any atom is -0.382 e. The predicted octanol–water partition coefficient (Wildman–Crippen LogP) is 3.27. The summed E-state index contributed by atoms with van der Waals surface area (Å²) in [4.78, 5) is 10.6. The molecule has 0 atom stereocenters. The molecule has 0 aliphatic carbocycles. The highest BCUT2D eigenvalue weighted by Crippen LogP contribution is 2.38. The molecule has 0 fully saturated rings. The van der Waals surface area contributed by atoms with E-state index < -0.39 is 0 Å². The topological polar surface area (TPSA) is 124 Å². The summed E-state index contributed by atoms with van der Waals surface area (Å²) in [7, 11) is 0. The Kier molecular flexibility index (Phi) is 4.80. The predicted molar refractivity (Wildman–Crippen MR) is 120 cm³/mol. The van der Waals surface area contributed by atoms with E-state index in [1.807, 2.05) is 54.1 Å². The number of nitrogens with two attached hydrogens (primary N) is 1. The van der Waals surface area contributed by atoms with Crippen LogP contribution in [0.5, 0.6) is 0 Å². The first-order chi connectivity index (χ1) is 15.7. The zero-order chi connectivity index (χ0) is 22.1. The summed E-state index contributed by atoms with van der Waals surface area (Å²) in [5.74, 6) is 0.251. The van der Waals surface area contributed by atoms with Gasteiger partial charge in [-0.2, -0.15) is 20.3 Å². The molecule has 0 aliphatic rings. The fraction of sp³-hybridized carbons (Fsp3) is 0.130. The molecular weight excluding hydrogens is 402 g/mol. The van der Waals surface area contributed by atoms with E-state index in [4.69, 9.17) is 10.8 Å². The Morgan fingerprint density at radius 2 is 1.81 bits per heavy atom. The zero-order valence-corrected chi connectivity index (χ0v) is 17.3. The van der Waals surface area contributed by atoms with E-state index in [2.05, 4.69) is 26.2 Å². The summed E-state index contributed by atoms with van der Waals surface area (Å²) in [6.45, 7) is 3.07. The smallest absolute Gasteiger partial charge is 0.156 e. The van der Waals surface area contributed by atoms with Gasteiger partial charge >= 0.3 is 0 Å². The minimum absolute atomic E-state index is 0.251. The first-order valence-electron chi connectivity index (χ1n) is 10.2. The van der Waals surface area contributed by atoms with Gasteiger partial charge in [-0.3, -0.25) is 9.67 Å². The standard InChI is InChI=1S/C23H19N9/c1-2-31-18(10-12-27-31)19-20(17-9-4-3-7-15(17)13-24)28-23(25)22-21(19)29-32(30-22)14-16-8-5-6-11-26-16/h3-12H,2,14H2,1H3,(H2,25,28). The number of pyridine rings is 2. The van der Waals surface area contributed by atoms with E-state index in [0.717, 1.165) is 17.0 Å². The molecule has 32 heavy (non-hydrogen) atoms. The third kappa shape index (κ3) is 3.24. The Labute approximate surface area is 183 Å². The van der Waals surface area contributed by atoms with Gasteiger partial charge in [0.1, 0.15) is 12.1 Å². The molecule has 0 unspecified atom stereocenters. The lowest BCUT2D eigenvalue weighted by Gasteiger charge is -2.13. The minimum atomic E-state index is 0.251. The Hall–Kier alpha value is -4.58. The van der Waals surface area contributed by atoms with Crippen molar-refractivity contribution in [1.82, 2.24) is 34.7 Å². The number of anilines is 1. The number of rotatable bonds is 5. The summed E-state index contributed by atoms with van der Waals surface area (Å²) in [6.07, 6.45) is 3.47. The molecule has 156 valence electrons. The third-order valence-electron chi connectivity index (χ3n) is 5.21. The largest absolute Gasteiger partial charge is 0.382 e. The van der Waals surface area contributed by atoms with Crippen LogP contribution in [0, 0.1) is 11.3 Å². The van der Waals surface area contributed by atoms with Crippen LogP contribution in [-0.4, -0.2) is 34.7 Å². The highest BCUT2D eigenvalue weighted by Gasteiger charge is 2.24. The van der Waals surface area contributed by atoms with Gasteiger partial charge < -0.3 is 5.73 Å². The van der Waals surface area contributed by atoms with Gasteiger partial charge in [0.05, 0.1) is 34.3 Å².